The molecule has 0 aliphatic carbocycles. The Balaban J connectivity index is 1.89. The fourth-order valence-corrected chi connectivity index (χ4v) is 2.23. The summed E-state index contributed by atoms with van der Waals surface area (Å²) in [6, 6.07) is 10.7. The van der Waals surface area contributed by atoms with Crippen molar-refractivity contribution in [1.29, 1.82) is 0 Å². The Labute approximate surface area is 120 Å². The maximum atomic E-state index is 5.33. The molecule has 20 heavy (non-hydrogen) atoms. The van der Waals surface area contributed by atoms with Crippen molar-refractivity contribution in [2.45, 2.75) is 39.2 Å². The van der Waals surface area contributed by atoms with Crippen LogP contribution in [0.3, 0.4) is 0 Å². The molecule has 1 atom stereocenters. The average molecular weight is 273 g/mol. The number of nitrogens with zero attached hydrogens (tertiary/aromatic N) is 2. The van der Waals surface area contributed by atoms with E-state index in [1.54, 1.807) is 0 Å². The molecule has 1 heterocycles. The Morgan fingerprint density at radius 2 is 1.90 bits per heavy atom. The van der Waals surface area contributed by atoms with E-state index in [0.717, 1.165) is 31.0 Å². The Hall–Kier alpha value is -1.68. The van der Waals surface area contributed by atoms with E-state index in [1.807, 2.05) is 13.1 Å². The second-order valence-electron chi connectivity index (χ2n) is 5.43. The van der Waals surface area contributed by atoms with Gasteiger partial charge >= 0.3 is 0 Å². The van der Waals surface area contributed by atoms with E-state index >= 15 is 0 Å². The van der Waals surface area contributed by atoms with Crippen LogP contribution in [0.25, 0.3) is 0 Å². The van der Waals surface area contributed by atoms with Crippen LogP contribution in [0.1, 0.15) is 31.1 Å². The van der Waals surface area contributed by atoms with Crippen LogP contribution >= 0.6 is 0 Å². The van der Waals surface area contributed by atoms with Gasteiger partial charge in [0.05, 0.1) is 0 Å². The van der Waals surface area contributed by atoms with Crippen molar-refractivity contribution in [3.63, 3.8) is 0 Å². The number of benzene rings is 1. The maximum Gasteiger partial charge on any atom is 0.228 e. The molecule has 1 aromatic carbocycles. The Morgan fingerprint density at radius 1 is 1.15 bits per heavy atom. The molecule has 0 saturated heterocycles. The summed E-state index contributed by atoms with van der Waals surface area (Å²) in [7, 11) is 1.97. The standard InChI is InChI=1S/C16H23N3O/c1-12(2)14(17-3)11-16-18-15(19-20-16)10-9-13-7-5-4-6-8-13/h4-8,12,14,17H,9-11H2,1-3H3. The molecular formula is C16H23N3O. The van der Waals surface area contributed by atoms with Gasteiger partial charge in [0.15, 0.2) is 5.82 Å². The molecule has 0 aliphatic rings. The largest absolute Gasteiger partial charge is 0.339 e. The highest BCUT2D eigenvalue weighted by molar-refractivity contribution is 5.15. The van der Waals surface area contributed by atoms with Crippen LogP contribution in [-0.4, -0.2) is 23.2 Å². The highest BCUT2D eigenvalue weighted by Crippen LogP contribution is 2.10. The van der Waals surface area contributed by atoms with Crippen LogP contribution in [0.5, 0.6) is 0 Å². The molecule has 0 amide bonds. The van der Waals surface area contributed by atoms with Crippen molar-refractivity contribution >= 4 is 0 Å². The first-order valence-electron chi connectivity index (χ1n) is 7.21. The van der Waals surface area contributed by atoms with Gasteiger partial charge in [-0.25, -0.2) is 0 Å². The van der Waals surface area contributed by atoms with Crippen LogP contribution in [0.4, 0.5) is 0 Å². The number of rotatable bonds is 7. The Bertz CT molecular complexity index is 507. The van der Waals surface area contributed by atoms with E-state index in [2.05, 4.69) is 53.6 Å². The fraction of sp³-hybridized carbons (Fsp3) is 0.500. The summed E-state index contributed by atoms with van der Waals surface area (Å²) in [6.07, 6.45) is 2.55. The number of aromatic nitrogens is 2. The summed E-state index contributed by atoms with van der Waals surface area (Å²) in [5.41, 5.74) is 1.30. The zero-order chi connectivity index (χ0) is 14.4. The molecule has 0 saturated carbocycles. The maximum absolute atomic E-state index is 5.33. The normalized spacial score (nSPS) is 12.8. The first kappa shape index (κ1) is 14.7. The molecule has 2 rings (SSSR count). The van der Waals surface area contributed by atoms with Gasteiger partial charge in [-0.2, -0.15) is 4.98 Å². The average Bonchev–Trinajstić information content (AvgIpc) is 2.91. The lowest BCUT2D eigenvalue weighted by Gasteiger charge is -2.17. The molecule has 4 nitrogen and oxygen atoms in total. The third-order valence-electron chi connectivity index (χ3n) is 3.56. The summed E-state index contributed by atoms with van der Waals surface area (Å²) < 4.78 is 5.33. The zero-order valence-electron chi connectivity index (χ0n) is 12.5. The first-order chi connectivity index (χ1) is 9.69. The second kappa shape index (κ2) is 7.20. The van der Waals surface area contributed by atoms with E-state index in [9.17, 15) is 0 Å². The minimum absolute atomic E-state index is 0.373. The summed E-state index contributed by atoms with van der Waals surface area (Å²) in [5, 5.41) is 7.35. The van der Waals surface area contributed by atoms with Gasteiger partial charge in [0.25, 0.3) is 0 Å². The van der Waals surface area contributed by atoms with Gasteiger partial charge in [-0.05, 0) is 24.9 Å². The smallest absolute Gasteiger partial charge is 0.228 e. The topological polar surface area (TPSA) is 51.0 Å². The van der Waals surface area contributed by atoms with Gasteiger partial charge in [0, 0.05) is 18.9 Å². The molecule has 1 unspecified atom stereocenters. The van der Waals surface area contributed by atoms with Crippen LogP contribution in [0.2, 0.25) is 0 Å². The van der Waals surface area contributed by atoms with E-state index in [4.69, 9.17) is 4.52 Å². The summed E-state index contributed by atoms with van der Waals surface area (Å²) >= 11 is 0. The van der Waals surface area contributed by atoms with Crippen molar-refractivity contribution in [3.8, 4) is 0 Å². The number of likely N-dealkylation sites (N-methyl/N-ethyl adjacent to an activating group) is 1. The van der Waals surface area contributed by atoms with E-state index in [-0.39, 0.29) is 0 Å². The van der Waals surface area contributed by atoms with E-state index in [1.165, 1.54) is 5.56 Å². The number of hydrogen-bond donors (Lipinski definition) is 1. The number of aryl methyl sites for hydroxylation is 2. The molecule has 0 fully saturated rings. The molecule has 0 spiro atoms. The molecule has 0 radical (unpaired) electrons. The second-order valence-corrected chi connectivity index (χ2v) is 5.43. The highest BCUT2D eigenvalue weighted by Gasteiger charge is 2.16. The van der Waals surface area contributed by atoms with Gasteiger partial charge in [0.2, 0.25) is 5.89 Å². The third kappa shape index (κ3) is 4.17. The Kier molecular flexibility index (Phi) is 5.30. The molecule has 1 aromatic heterocycles. The highest BCUT2D eigenvalue weighted by atomic mass is 16.5. The third-order valence-corrected chi connectivity index (χ3v) is 3.56. The lowest BCUT2D eigenvalue weighted by Crippen LogP contribution is -2.32. The monoisotopic (exact) mass is 273 g/mol. The summed E-state index contributed by atoms with van der Waals surface area (Å²) in [6.45, 7) is 4.38. The predicted molar refractivity (Wildman–Crippen MR) is 79.5 cm³/mol. The summed E-state index contributed by atoms with van der Waals surface area (Å²) in [4.78, 5) is 4.48. The molecule has 4 heteroatoms. The van der Waals surface area contributed by atoms with Crippen molar-refractivity contribution < 1.29 is 4.52 Å². The van der Waals surface area contributed by atoms with Crippen molar-refractivity contribution in [3.05, 3.63) is 47.6 Å². The molecule has 2 aromatic rings. The van der Waals surface area contributed by atoms with Gasteiger partial charge < -0.3 is 9.84 Å². The van der Waals surface area contributed by atoms with E-state index < -0.39 is 0 Å². The predicted octanol–water partition coefficient (Wildman–Crippen LogP) is 2.64. The summed E-state index contributed by atoms with van der Waals surface area (Å²) in [5.74, 6) is 2.06. The minimum atomic E-state index is 0.373. The molecular weight excluding hydrogens is 250 g/mol. The van der Waals surface area contributed by atoms with Crippen LogP contribution in [0.15, 0.2) is 34.9 Å². The van der Waals surface area contributed by atoms with Crippen molar-refractivity contribution in [2.24, 2.45) is 5.92 Å². The molecule has 0 bridgehead atoms. The lowest BCUT2D eigenvalue weighted by molar-refractivity contribution is 0.333. The van der Waals surface area contributed by atoms with Crippen molar-refractivity contribution in [1.82, 2.24) is 15.5 Å². The molecule has 0 aliphatic heterocycles. The molecule has 108 valence electrons. The number of nitrogens with one attached hydrogen (secondary N) is 1. The van der Waals surface area contributed by atoms with Gasteiger partial charge in [-0.1, -0.05) is 49.3 Å². The van der Waals surface area contributed by atoms with Gasteiger partial charge in [-0.3, -0.25) is 0 Å². The molecule has 1 N–H and O–H groups in total. The Morgan fingerprint density at radius 3 is 2.55 bits per heavy atom. The number of hydrogen-bond acceptors (Lipinski definition) is 4. The van der Waals surface area contributed by atoms with Crippen molar-refractivity contribution in [2.75, 3.05) is 7.05 Å². The van der Waals surface area contributed by atoms with Crippen LogP contribution in [-0.2, 0) is 19.3 Å². The quantitative estimate of drug-likeness (QED) is 0.842. The van der Waals surface area contributed by atoms with Crippen LogP contribution < -0.4 is 5.32 Å². The SMILES string of the molecule is CNC(Cc1nc(CCc2ccccc2)no1)C(C)C. The first-order valence-corrected chi connectivity index (χ1v) is 7.21. The van der Waals surface area contributed by atoms with Gasteiger partial charge in [0.1, 0.15) is 0 Å². The van der Waals surface area contributed by atoms with Crippen LogP contribution in [0, 0.1) is 5.92 Å². The minimum Gasteiger partial charge on any atom is -0.339 e. The lowest BCUT2D eigenvalue weighted by atomic mass is 10.0. The fourth-order valence-electron chi connectivity index (χ4n) is 2.23. The van der Waals surface area contributed by atoms with Gasteiger partial charge in [-0.15, -0.1) is 0 Å². The van der Waals surface area contributed by atoms with E-state index in [0.29, 0.717) is 12.0 Å². The zero-order valence-corrected chi connectivity index (χ0v) is 12.5.